The zero-order valence-electron chi connectivity index (χ0n) is 11.1. The Morgan fingerprint density at radius 2 is 1.60 bits per heavy atom. The molecule has 0 spiro atoms. The lowest BCUT2D eigenvalue weighted by Crippen LogP contribution is -2.39. The highest BCUT2D eigenvalue weighted by molar-refractivity contribution is 5.02. The van der Waals surface area contributed by atoms with Crippen LogP contribution < -0.4 is 0 Å². The summed E-state index contributed by atoms with van der Waals surface area (Å²) in [5, 5.41) is 0. The van der Waals surface area contributed by atoms with Gasteiger partial charge in [0.25, 0.3) is 0 Å². The van der Waals surface area contributed by atoms with Gasteiger partial charge in [0, 0.05) is 5.92 Å². The van der Waals surface area contributed by atoms with Gasteiger partial charge in [-0.1, -0.05) is 53.7 Å². The van der Waals surface area contributed by atoms with Crippen LogP contribution in [0.15, 0.2) is 12.2 Å². The Labute approximate surface area is 94.9 Å². The van der Waals surface area contributed by atoms with Crippen LogP contribution in [0.1, 0.15) is 41.5 Å². The van der Waals surface area contributed by atoms with E-state index in [-0.39, 0.29) is 5.41 Å². The van der Waals surface area contributed by atoms with E-state index in [1.54, 1.807) is 0 Å². The number of allylic oxidation sites excluding steroid dienone is 2. The van der Waals surface area contributed by atoms with Crippen molar-refractivity contribution < 1.29 is 4.74 Å². The SMILES string of the molecule is CC(C)(C)/C=C/[C@@H](C1COC1)C(C)(C)C. The van der Waals surface area contributed by atoms with Crippen molar-refractivity contribution in [2.45, 2.75) is 41.5 Å². The summed E-state index contributed by atoms with van der Waals surface area (Å²) >= 11 is 0. The van der Waals surface area contributed by atoms with E-state index in [0.29, 0.717) is 11.3 Å². The van der Waals surface area contributed by atoms with Crippen LogP contribution in [-0.2, 0) is 4.74 Å². The summed E-state index contributed by atoms with van der Waals surface area (Å²) < 4.78 is 5.31. The molecule has 0 radical (unpaired) electrons. The van der Waals surface area contributed by atoms with Crippen molar-refractivity contribution in [3.8, 4) is 0 Å². The topological polar surface area (TPSA) is 9.23 Å². The lowest BCUT2D eigenvalue weighted by atomic mass is 9.71. The molecule has 1 heterocycles. The molecule has 0 unspecified atom stereocenters. The van der Waals surface area contributed by atoms with Crippen LogP contribution in [0.3, 0.4) is 0 Å². The van der Waals surface area contributed by atoms with Gasteiger partial charge in [-0.25, -0.2) is 0 Å². The summed E-state index contributed by atoms with van der Waals surface area (Å²) in [6, 6.07) is 0. The van der Waals surface area contributed by atoms with Crippen molar-refractivity contribution in [2.24, 2.45) is 22.7 Å². The van der Waals surface area contributed by atoms with Crippen LogP contribution in [0.4, 0.5) is 0 Å². The van der Waals surface area contributed by atoms with Gasteiger partial charge in [0.2, 0.25) is 0 Å². The van der Waals surface area contributed by atoms with Gasteiger partial charge in [-0.2, -0.15) is 0 Å². The maximum absolute atomic E-state index is 5.31. The first kappa shape index (κ1) is 12.8. The van der Waals surface area contributed by atoms with Gasteiger partial charge < -0.3 is 4.74 Å². The molecule has 1 aliphatic heterocycles. The molecule has 0 amide bonds. The first-order valence-electron chi connectivity index (χ1n) is 5.97. The van der Waals surface area contributed by atoms with Gasteiger partial charge in [-0.3, -0.25) is 0 Å². The molecule has 0 aromatic heterocycles. The van der Waals surface area contributed by atoms with E-state index >= 15 is 0 Å². The van der Waals surface area contributed by atoms with Gasteiger partial charge in [-0.15, -0.1) is 0 Å². The third-order valence-electron chi connectivity index (χ3n) is 2.98. The highest BCUT2D eigenvalue weighted by Gasteiger charge is 2.34. The molecule has 1 heteroatoms. The highest BCUT2D eigenvalue weighted by atomic mass is 16.5. The summed E-state index contributed by atoms with van der Waals surface area (Å²) in [7, 11) is 0. The Morgan fingerprint density at radius 1 is 1.07 bits per heavy atom. The molecular weight excluding hydrogens is 184 g/mol. The second kappa shape index (κ2) is 4.29. The quantitative estimate of drug-likeness (QED) is 0.628. The molecule has 0 aromatic rings. The first-order valence-corrected chi connectivity index (χ1v) is 5.97. The van der Waals surface area contributed by atoms with Gasteiger partial charge in [0.1, 0.15) is 0 Å². The lowest BCUT2D eigenvalue weighted by Gasteiger charge is -2.40. The summed E-state index contributed by atoms with van der Waals surface area (Å²) in [5.41, 5.74) is 0.629. The van der Waals surface area contributed by atoms with Crippen molar-refractivity contribution in [3.05, 3.63) is 12.2 Å². The van der Waals surface area contributed by atoms with Gasteiger partial charge in [0.05, 0.1) is 13.2 Å². The third kappa shape index (κ3) is 3.98. The molecule has 1 aliphatic rings. The minimum atomic E-state index is 0.286. The molecule has 15 heavy (non-hydrogen) atoms. The van der Waals surface area contributed by atoms with E-state index in [0.717, 1.165) is 19.1 Å². The minimum Gasteiger partial charge on any atom is -0.381 e. The van der Waals surface area contributed by atoms with E-state index in [9.17, 15) is 0 Å². The van der Waals surface area contributed by atoms with Crippen LogP contribution in [0.2, 0.25) is 0 Å². The molecule has 1 nitrogen and oxygen atoms in total. The maximum Gasteiger partial charge on any atom is 0.0522 e. The number of ether oxygens (including phenoxy) is 1. The molecule has 88 valence electrons. The van der Waals surface area contributed by atoms with Crippen molar-refractivity contribution in [3.63, 3.8) is 0 Å². The number of hydrogen-bond donors (Lipinski definition) is 0. The Hall–Kier alpha value is -0.300. The number of hydrogen-bond acceptors (Lipinski definition) is 1. The Morgan fingerprint density at radius 3 is 1.87 bits per heavy atom. The Balaban J connectivity index is 2.69. The van der Waals surface area contributed by atoms with Crippen molar-refractivity contribution in [2.75, 3.05) is 13.2 Å². The van der Waals surface area contributed by atoms with Crippen molar-refractivity contribution in [1.82, 2.24) is 0 Å². The zero-order chi connectivity index (χ0) is 11.7. The Kier molecular flexibility index (Phi) is 3.65. The fraction of sp³-hybridized carbons (Fsp3) is 0.857. The molecule has 1 fully saturated rings. The smallest absolute Gasteiger partial charge is 0.0522 e. The van der Waals surface area contributed by atoms with Gasteiger partial charge in [-0.05, 0) is 16.7 Å². The average molecular weight is 210 g/mol. The van der Waals surface area contributed by atoms with Crippen LogP contribution in [-0.4, -0.2) is 13.2 Å². The van der Waals surface area contributed by atoms with Crippen molar-refractivity contribution >= 4 is 0 Å². The van der Waals surface area contributed by atoms with Crippen LogP contribution in [0.25, 0.3) is 0 Å². The molecule has 1 saturated heterocycles. The largest absolute Gasteiger partial charge is 0.381 e. The van der Waals surface area contributed by atoms with E-state index in [2.05, 4.69) is 53.7 Å². The van der Waals surface area contributed by atoms with E-state index in [1.165, 1.54) is 0 Å². The third-order valence-corrected chi connectivity index (χ3v) is 2.98. The molecule has 0 bridgehead atoms. The predicted octanol–water partition coefficient (Wildman–Crippen LogP) is 3.90. The van der Waals surface area contributed by atoms with Gasteiger partial charge in [0.15, 0.2) is 0 Å². The first-order chi connectivity index (χ1) is 6.70. The summed E-state index contributed by atoms with van der Waals surface area (Å²) in [6.45, 7) is 15.6. The van der Waals surface area contributed by atoms with Crippen molar-refractivity contribution in [1.29, 1.82) is 0 Å². The molecule has 0 aromatic carbocycles. The normalized spacial score (nSPS) is 21.7. The predicted molar refractivity (Wildman–Crippen MR) is 65.8 cm³/mol. The second-order valence-electron chi connectivity index (χ2n) is 6.91. The lowest BCUT2D eigenvalue weighted by molar-refractivity contribution is -0.0712. The molecule has 0 aliphatic carbocycles. The molecule has 1 atom stereocenters. The Bertz CT molecular complexity index is 223. The monoisotopic (exact) mass is 210 g/mol. The fourth-order valence-corrected chi connectivity index (χ4v) is 2.01. The molecule has 1 rings (SSSR count). The van der Waals surface area contributed by atoms with Gasteiger partial charge >= 0.3 is 0 Å². The average Bonchev–Trinajstić information content (AvgIpc) is 1.88. The van der Waals surface area contributed by atoms with E-state index < -0.39 is 0 Å². The second-order valence-corrected chi connectivity index (χ2v) is 6.91. The standard InChI is InChI=1S/C14H26O/c1-13(2,3)8-7-12(14(4,5)6)11-9-15-10-11/h7-8,11-12H,9-10H2,1-6H3/b8-7+/t12-/m0/s1. The van der Waals surface area contributed by atoms with Crippen LogP contribution in [0, 0.1) is 22.7 Å². The van der Waals surface area contributed by atoms with E-state index in [4.69, 9.17) is 4.74 Å². The maximum atomic E-state index is 5.31. The summed E-state index contributed by atoms with van der Waals surface area (Å²) in [5.74, 6) is 1.37. The minimum absolute atomic E-state index is 0.286. The molecular formula is C14H26O. The highest BCUT2D eigenvalue weighted by Crippen LogP contribution is 2.37. The van der Waals surface area contributed by atoms with Crippen LogP contribution in [0.5, 0.6) is 0 Å². The molecule has 0 N–H and O–H groups in total. The summed E-state index contributed by atoms with van der Waals surface area (Å²) in [4.78, 5) is 0. The summed E-state index contributed by atoms with van der Waals surface area (Å²) in [6.07, 6.45) is 4.76. The fourth-order valence-electron chi connectivity index (χ4n) is 2.01. The number of rotatable bonds is 2. The molecule has 0 saturated carbocycles. The van der Waals surface area contributed by atoms with Crippen LogP contribution >= 0.6 is 0 Å². The van der Waals surface area contributed by atoms with E-state index in [1.807, 2.05) is 0 Å². The zero-order valence-corrected chi connectivity index (χ0v) is 11.1.